The normalized spacial score (nSPS) is 22.1. The standard InChI is InChI=1S/C21H21F3N8O/c1-12-2-5-15(32-28-6-7-29-32)19(30-12)20(33)31-11-13-3-4-14(13)16(31)8-26-18-10-25-17(9-27-18)21(22,23)24/h2,5-7,9-10,13-14,16H,3-4,8,11H2,1H3,(H,26,27)/t13?,14-,16+/m0/s1. The average Bonchev–Trinajstić information content (AvgIpc) is 3.38. The molecule has 2 fully saturated rings. The minimum Gasteiger partial charge on any atom is -0.367 e. The average molecular weight is 458 g/mol. The van der Waals surface area contributed by atoms with E-state index in [4.69, 9.17) is 0 Å². The molecule has 1 unspecified atom stereocenters. The summed E-state index contributed by atoms with van der Waals surface area (Å²) in [7, 11) is 0. The minimum absolute atomic E-state index is 0.138. The number of nitrogens with one attached hydrogen (secondary N) is 1. The molecule has 172 valence electrons. The molecule has 12 heteroatoms. The van der Waals surface area contributed by atoms with Gasteiger partial charge in [0.25, 0.3) is 5.91 Å². The number of nitrogens with zero attached hydrogens (tertiary/aromatic N) is 7. The van der Waals surface area contributed by atoms with Gasteiger partial charge in [-0.05, 0) is 43.7 Å². The molecule has 1 saturated carbocycles. The number of amides is 1. The van der Waals surface area contributed by atoms with Crippen LogP contribution in [0.1, 0.15) is 34.7 Å². The highest BCUT2D eigenvalue weighted by molar-refractivity contribution is 5.96. The number of anilines is 1. The molecule has 1 N–H and O–H groups in total. The van der Waals surface area contributed by atoms with Gasteiger partial charge in [0.05, 0.1) is 30.8 Å². The zero-order valence-electron chi connectivity index (χ0n) is 17.7. The lowest BCUT2D eigenvalue weighted by molar-refractivity contribution is -0.141. The summed E-state index contributed by atoms with van der Waals surface area (Å²) in [5.41, 5.74) is 0.420. The van der Waals surface area contributed by atoms with Crippen LogP contribution >= 0.6 is 0 Å². The summed E-state index contributed by atoms with van der Waals surface area (Å²) in [4.78, 5) is 28.6. The van der Waals surface area contributed by atoms with Gasteiger partial charge in [0.1, 0.15) is 11.5 Å². The first-order valence-electron chi connectivity index (χ1n) is 10.6. The van der Waals surface area contributed by atoms with Crippen LogP contribution in [0, 0.1) is 18.8 Å². The maximum atomic E-state index is 13.6. The second-order valence-electron chi connectivity index (χ2n) is 8.33. The van der Waals surface area contributed by atoms with Crippen LogP contribution in [-0.4, -0.2) is 59.9 Å². The van der Waals surface area contributed by atoms with Gasteiger partial charge in [-0.15, -0.1) is 4.80 Å². The Morgan fingerprint density at radius 3 is 2.58 bits per heavy atom. The molecule has 2 aliphatic rings. The van der Waals surface area contributed by atoms with E-state index in [-0.39, 0.29) is 23.5 Å². The van der Waals surface area contributed by atoms with E-state index in [9.17, 15) is 18.0 Å². The molecule has 0 aromatic carbocycles. The molecule has 1 aliphatic heterocycles. The van der Waals surface area contributed by atoms with E-state index in [0.717, 1.165) is 19.0 Å². The van der Waals surface area contributed by atoms with Gasteiger partial charge in [0.15, 0.2) is 11.4 Å². The molecular formula is C21H21F3N8O. The number of pyridine rings is 1. The number of halogens is 3. The third kappa shape index (κ3) is 4.00. The van der Waals surface area contributed by atoms with Crippen molar-refractivity contribution >= 4 is 11.7 Å². The fourth-order valence-electron chi connectivity index (χ4n) is 4.56. The number of aromatic nitrogens is 6. The lowest BCUT2D eigenvalue weighted by atomic mass is 9.73. The summed E-state index contributed by atoms with van der Waals surface area (Å²) in [5.74, 6) is 0.731. The van der Waals surface area contributed by atoms with Crippen molar-refractivity contribution in [2.45, 2.75) is 32.0 Å². The third-order valence-electron chi connectivity index (χ3n) is 6.35. The number of alkyl halides is 3. The van der Waals surface area contributed by atoms with Crippen LogP contribution in [-0.2, 0) is 6.18 Å². The van der Waals surface area contributed by atoms with E-state index in [1.807, 2.05) is 11.8 Å². The van der Waals surface area contributed by atoms with Crippen molar-refractivity contribution in [1.82, 2.24) is 34.8 Å². The highest BCUT2D eigenvalue weighted by Crippen LogP contribution is 2.45. The molecule has 3 aromatic heterocycles. The number of hydrogen-bond acceptors (Lipinski definition) is 7. The summed E-state index contributed by atoms with van der Waals surface area (Å²) in [6.45, 7) is 2.78. The number of aryl methyl sites for hydroxylation is 1. The van der Waals surface area contributed by atoms with Gasteiger partial charge >= 0.3 is 6.18 Å². The van der Waals surface area contributed by atoms with Crippen molar-refractivity contribution in [3.63, 3.8) is 0 Å². The van der Waals surface area contributed by atoms with Crippen molar-refractivity contribution in [3.8, 4) is 5.69 Å². The van der Waals surface area contributed by atoms with Gasteiger partial charge < -0.3 is 10.2 Å². The van der Waals surface area contributed by atoms with E-state index in [0.29, 0.717) is 42.5 Å². The van der Waals surface area contributed by atoms with Crippen LogP contribution in [0.5, 0.6) is 0 Å². The molecule has 0 spiro atoms. The van der Waals surface area contributed by atoms with E-state index < -0.39 is 11.9 Å². The smallest absolute Gasteiger partial charge is 0.367 e. The van der Waals surface area contributed by atoms with Crippen LogP contribution in [0.3, 0.4) is 0 Å². The second-order valence-corrected chi connectivity index (χ2v) is 8.33. The number of rotatable bonds is 5. The van der Waals surface area contributed by atoms with Gasteiger partial charge in [-0.25, -0.2) is 15.0 Å². The van der Waals surface area contributed by atoms with Crippen LogP contribution < -0.4 is 5.32 Å². The van der Waals surface area contributed by atoms with Gasteiger partial charge in [-0.1, -0.05) is 0 Å². The SMILES string of the molecule is Cc1ccc(-n2nccn2)c(C(=O)N2CC3CC[C@@H]3[C@H]2CNc2cnc(C(F)(F)F)cn2)n1. The Hall–Kier alpha value is -3.57. The van der Waals surface area contributed by atoms with Crippen LogP contribution in [0.2, 0.25) is 0 Å². The number of carbonyl (C=O) groups is 1. The highest BCUT2D eigenvalue weighted by atomic mass is 19.4. The van der Waals surface area contributed by atoms with E-state index in [2.05, 4.69) is 30.5 Å². The fourth-order valence-corrected chi connectivity index (χ4v) is 4.56. The van der Waals surface area contributed by atoms with Gasteiger partial charge in [-0.3, -0.25) is 4.79 Å². The predicted molar refractivity (Wildman–Crippen MR) is 110 cm³/mol. The highest BCUT2D eigenvalue weighted by Gasteiger charge is 2.49. The van der Waals surface area contributed by atoms with Crippen molar-refractivity contribution in [3.05, 3.63) is 54.0 Å². The Bertz CT molecular complexity index is 1150. The first-order valence-corrected chi connectivity index (χ1v) is 10.6. The molecule has 33 heavy (non-hydrogen) atoms. The van der Waals surface area contributed by atoms with Crippen molar-refractivity contribution in [2.75, 3.05) is 18.4 Å². The molecule has 5 rings (SSSR count). The van der Waals surface area contributed by atoms with E-state index in [1.54, 1.807) is 12.1 Å². The maximum Gasteiger partial charge on any atom is 0.434 e. The molecule has 1 saturated heterocycles. The Labute approximate surface area is 187 Å². The third-order valence-corrected chi connectivity index (χ3v) is 6.35. The first-order chi connectivity index (χ1) is 15.8. The molecule has 9 nitrogen and oxygen atoms in total. The number of carbonyl (C=O) groups excluding carboxylic acids is 1. The van der Waals surface area contributed by atoms with Crippen molar-refractivity contribution in [2.24, 2.45) is 11.8 Å². The summed E-state index contributed by atoms with van der Waals surface area (Å²) in [6, 6.07) is 3.43. The second kappa shape index (κ2) is 8.09. The summed E-state index contributed by atoms with van der Waals surface area (Å²) < 4.78 is 38.2. The van der Waals surface area contributed by atoms with Crippen LogP contribution in [0.4, 0.5) is 19.0 Å². The Balaban J connectivity index is 1.37. The van der Waals surface area contributed by atoms with Gasteiger partial charge in [0.2, 0.25) is 0 Å². The van der Waals surface area contributed by atoms with Crippen LogP contribution in [0.15, 0.2) is 36.9 Å². The lowest BCUT2D eigenvalue weighted by Gasteiger charge is -2.34. The number of hydrogen-bond donors (Lipinski definition) is 1. The van der Waals surface area contributed by atoms with Crippen LogP contribution in [0.25, 0.3) is 5.69 Å². The molecular weight excluding hydrogens is 437 g/mol. The Morgan fingerprint density at radius 2 is 1.94 bits per heavy atom. The quantitative estimate of drug-likeness (QED) is 0.627. The molecule has 4 heterocycles. The monoisotopic (exact) mass is 458 g/mol. The summed E-state index contributed by atoms with van der Waals surface area (Å²) in [6.07, 6.45) is 2.32. The van der Waals surface area contributed by atoms with Gasteiger partial charge in [-0.2, -0.15) is 23.4 Å². The molecule has 1 aliphatic carbocycles. The fraction of sp³-hybridized carbons (Fsp3) is 0.429. The van der Waals surface area contributed by atoms with Crippen molar-refractivity contribution in [1.29, 1.82) is 0 Å². The minimum atomic E-state index is -4.54. The molecule has 1 amide bonds. The number of likely N-dealkylation sites (tertiary alicyclic amines) is 1. The number of fused-ring (bicyclic) bond motifs is 1. The Kier molecular flexibility index (Phi) is 5.22. The lowest BCUT2D eigenvalue weighted by Crippen LogP contribution is -2.43. The van der Waals surface area contributed by atoms with E-state index in [1.165, 1.54) is 17.2 Å². The zero-order chi connectivity index (χ0) is 23.2. The molecule has 0 bridgehead atoms. The molecule has 3 aromatic rings. The largest absolute Gasteiger partial charge is 0.434 e. The summed E-state index contributed by atoms with van der Waals surface area (Å²) in [5, 5.41) is 11.3. The topological polar surface area (TPSA) is 102 Å². The van der Waals surface area contributed by atoms with E-state index >= 15 is 0 Å². The maximum absolute atomic E-state index is 13.6. The summed E-state index contributed by atoms with van der Waals surface area (Å²) >= 11 is 0. The zero-order valence-corrected chi connectivity index (χ0v) is 17.7. The molecule has 3 atom stereocenters. The molecule has 0 radical (unpaired) electrons. The predicted octanol–water partition coefficient (Wildman–Crippen LogP) is 2.74. The Morgan fingerprint density at radius 1 is 1.15 bits per heavy atom. The van der Waals surface area contributed by atoms with Gasteiger partial charge in [0, 0.05) is 18.8 Å². The van der Waals surface area contributed by atoms with Crippen molar-refractivity contribution < 1.29 is 18.0 Å². The first kappa shape index (κ1) is 21.3.